The number of nitrogens with two attached hydrogens (primary N) is 1. The maximum atomic E-state index is 11.7. The number of amides is 1. The minimum Gasteiger partial charge on any atom is -0.478 e. The van der Waals surface area contributed by atoms with Gasteiger partial charge < -0.3 is 16.2 Å². The molecule has 0 bridgehead atoms. The third-order valence-corrected chi connectivity index (χ3v) is 2.55. The molecule has 0 heterocycles. The molecule has 0 saturated carbocycles. The highest BCUT2D eigenvalue weighted by Crippen LogP contribution is 2.12. The second-order valence-corrected chi connectivity index (χ2v) is 3.71. The fourth-order valence-corrected chi connectivity index (χ4v) is 1.40. The van der Waals surface area contributed by atoms with Gasteiger partial charge in [0.2, 0.25) is 5.91 Å². The molecule has 0 spiro atoms. The third kappa shape index (κ3) is 3.57. The molecule has 1 rings (SSSR count). The van der Waals surface area contributed by atoms with E-state index in [0.29, 0.717) is 18.7 Å². The van der Waals surface area contributed by atoms with Crippen molar-refractivity contribution in [1.29, 1.82) is 0 Å². The lowest BCUT2D eigenvalue weighted by Gasteiger charge is -2.12. The van der Waals surface area contributed by atoms with Crippen molar-refractivity contribution in [2.75, 3.05) is 11.9 Å². The van der Waals surface area contributed by atoms with Crippen LogP contribution in [0.1, 0.15) is 23.7 Å². The number of carbonyl (C=O) groups excluding carboxylic acids is 1. The SMILES string of the molecule is CCC(CN)C(=O)Nc1ccc(C(=O)O)cc1. The minimum atomic E-state index is -0.990. The van der Waals surface area contributed by atoms with Gasteiger partial charge in [0.1, 0.15) is 0 Å². The molecule has 1 amide bonds. The lowest BCUT2D eigenvalue weighted by Crippen LogP contribution is -2.28. The first-order valence-electron chi connectivity index (χ1n) is 5.42. The lowest BCUT2D eigenvalue weighted by atomic mass is 10.1. The average molecular weight is 236 g/mol. The number of anilines is 1. The van der Waals surface area contributed by atoms with E-state index in [-0.39, 0.29) is 17.4 Å². The summed E-state index contributed by atoms with van der Waals surface area (Å²) in [6.45, 7) is 2.19. The number of nitrogens with one attached hydrogen (secondary N) is 1. The van der Waals surface area contributed by atoms with E-state index in [2.05, 4.69) is 5.32 Å². The van der Waals surface area contributed by atoms with Crippen LogP contribution in [0, 0.1) is 5.92 Å². The van der Waals surface area contributed by atoms with E-state index < -0.39 is 5.97 Å². The van der Waals surface area contributed by atoms with Gasteiger partial charge in [-0.05, 0) is 30.7 Å². The molecule has 5 heteroatoms. The van der Waals surface area contributed by atoms with E-state index in [1.165, 1.54) is 12.1 Å². The van der Waals surface area contributed by atoms with E-state index >= 15 is 0 Å². The molecule has 0 aliphatic rings. The van der Waals surface area contributed by atoms with Crippen LogP contribution in [0.15, 0.2) is 24.3 Å². The first-order chi connectivity index (χ1) is 8.08. The first-order valence-corrected chi connectivity index (χ1v) is 5.42. The predicted molar refractivity (Wildman–Crippen MR) is 64.9 cm³/mol. The molecule has 17 heavy (non-hydrogen) atoms. The molecule has 1 unspecified atom stereocenters. The van der Waals surface area contributed by atoms with Gasteiger partial charge >= 0.3 is 5.97 Å². The highest BCUT2D eigenvalue weighted by Gasteiger charge is 2.14. The molecule has 0 saturated heterocycles. The zero-order valence-electron chi connectivity index (χ0n) is 9.64. The van der Waals surface area contributed by atoms with Gasteiger partial charge in [-0.25, -0.2) is 4.79 Å². The number of carboxylic acid groups (broad SMARTS) is 1. The Kier molecular flexibility index (Phi) is 4.66. The zero-order valence-corrected chi connectivity index (χ0v) is 9.64. The molecule has 92 valence electrons. The highest BCUT2D eigenvalue weighted by molar-refractivity contribution is 5.93. The van der Waals surface area contributed by atoms with Gasteiger partial charge in [-0.2, -0.15) is 0 Å². The van der Waals surface area contributed by atoms with Crippen LogP contribution in [0.25, 0.3) is 0 Å². The zero-order chi connectivity index (χ0) is 12.8. The van der Waals surface area contributed by atoms with Crippen molar-refractivity contribution in [3.05, 3.63) is 29.8 Å². The van der Waals surface area contributed by atoms with Gasteiger partial charge in [-0.3, -0.25) is 4.79 Å². The summed E-state index contributed by atoms with van der Waals surface area (Å²) < 4.78 is 0. The first kappa shape index (κ1) is 13.2. The standard InChI is InChI=1S/C12H16N2O3/c1-2-8(7-13)11(15)14-10-5-3-9(4-6-10)12(16)17/h3-6,8H,2,7,13H2,1H3,(H,14,15)(H,16,17). The van der Waals surface area contributed by atoms with E-state index in [4.69, 9.17) is 10.8 Å². The monoisotopic (exact) mass is 236 g/mol. The summed E-state index contributed by atoms with van der Waals surface area (Å²) in [5, 5.41) is 11.4. The molecule has 4 N–H and O–H groups in total. The smallest absolute Gasteiger partial charge is 0.335 e. The summed E-state index contributed by atoms with van der Waals surface area (Å²) in [4.78, 5) is 22.3. The number of rotatable bonds is 5. The van der Waals surface area contributed by atoms with Crippen molar-refractivity contribution in [3.8, 4) is 0 Å². The van der Waals surface area contributed by atoms with Crippen LogP contribution in [0.2, 0.25) is 0 Å². The summed E-state index contributed by atoms with van der Waals surface area (Å²) in [5.74, 6) is -1.34. The van der Waals surface area contributed by atoms with Gasteiger partial charge in [0.25, 0.3) is 0 Å². The molecule has 0 radical (unpaired) electrons. The molecule has 0 aliphatic carbocycles. The van der Waals surface area contributed by atoms with Crippen molar-refractivity contribution < 1.29 is 14.7 Å². The molecule has 5 nitrogen and oxygen atoms in total. The fourth-order valence-electron chi connectivity index (χ4n) is 1.40. The van der Waals surface area contributed by atoms with E-state index in [0.717, 1.165) is 0 Å². The Morgan fingerprint density at radius 2 is 1.94 bits per heavy atom. The second kappa shape index (κ2) is 6.00. The summed E-state index contributed by atoms with van der Waals surface area (Å²) in [7, 11) is 0. The number of hydrogen-bond acceptors (Lipinski definition) is 3. The number of aromatic carboxylic acids is 1. The Labute approximate surface area is 99.6 Å². The Hall–Kier alpha value is -1.88. The van der Waals surface area contributed by atoms with E-state index in [1.54, 1.807) is 12.1 Å². The van der Waals surface area contributed by atoms with Crippen molar-refractivity contribution in [3.63, 3.8) is 0 Å². The topological polar surface area (TPSA) is 92.4 Å². The number of hydrogen-bond donors (Lipinski definition) is 3. The van der Waals surface area contributed by atoms with E-state index in [1.807, 2.05) is 6.92 Å². The maximum absolute atomic E-state index is 11.7. The van der Waals surface area contributed by atoms with Crippen LogP contribution < -0.4 is 11.1 Å². The normalized spacial score (nSPS) is 11.9. The Balaban J connectivity index is 2.69. The van der Waals surface area contributed by atoms with Crippen LogP contribution in [0.5, 0.6) is 0 Å². The summed E-state index contributed by atoms with van der Waals surface area (Å²) in [5.41, 5.74) is 6.23. The molecule has 1 aromatic rings. The summed E-state index contributed by atoms with van der Waals surface area (Å²) in [6.07, 6.45) is 0.676. The number of carbonyl (C=O) groups is 2. The van der Waals surface area contributed by atoms with Gasteiger partial charge in [-0.15, -0.1) is 0 Å². The van der Waals surface area contributed by atoms with Crippen LogP contribution in [0.4, 0.5) is 5.69 Å². The second-order valence-electron chi connectivity index (χ2n) is 3.71. The maximum Gasteiger partial charge on any atom is 0.335 e. The van der Waals surface area contributed by atoms with Crippen molar-refractivity contribution in [1.82, 2.24) is 0 Å². The fraction of sp³-hybridized carbons (Fsp3) is 0.333. The molecule has 1 atom stereocenters. The average Bonchev–Trinajstić information content (AvgIpc) is 2.31. The largest absolute Gasteiger partial charge is 0.478 e. The summed E-state index contributed by atoms with van der Waals surface area (Å²) in [6, 6.07) is 6.01. The summed E-state index contributed by atoms with van der Waals surface area (Å²) >= 11 is 0. The van der Waals surface area contributed by atoms with Crippen molar-refractivity contribution in [2.24, 2.45) is 11.7 Å². The molecular weight excluding hydrogens is 220 g/mol. The minimum absolute atomic E-state index is 0.141. The Morgan fingerprint density at radius 1 is 1.35 bits per heavy atom. The third-order valence-electron chi connectivity index (χ3n) is 2.55. The number of benzene rings is 1. The molecule has 0 fully saturated rings. The van der Waals surface area contributed by atoms with Crippen LogP contribution >= 0.6 is 0 Å². The number of carboxylic acids is 1. The van der Waals surface area contributed by atoms with Crippen molar-refractivity contribution >= 4 is 17.6 Å². The van der Waals surface area contributed by atoms with Crippen LogP contribution in [-0.4, -0.2) is 23.5 Å². The molecular formula is C12H16N2O3. The predicted octanol–water partition coefficient (Wildman–Crippen LogP) is 1.31. The van der Waals surface area contributed by atoms with Gasteiger partial charge in [-0.1, -0.05) is 6.92 Å². The van der Waals surface area contributed by atoms with Crippen molar-refractivity contribution in [2.45, 2.75) is 13.3 Å². The Morgan fingerprint density at radius 3 is 2.35 bits per heavy atom. The molecule has 1 aromatic carbocycles. The van der Waals surface area contributed by atoms with E-state index in [9.17, 15) is 9.59 Å². The highest BCUT2D eigenvalue weighted by atomic mass is 16.4. The molecule has 0 aliphatic heterocycles. The molecule has 0 aromatic heterocycles. The van der Waals surface area contributed by atoms with Gasteiger partial charge in [0.15, 0.2) is 0 Å². The van der Waals surface area contributed by atoms with Crippen LogP contribution in [-0.2, 0) is 4.79 Å². The lowest BCUT2D eigenvalue weighted by molar-refractivity contribution is -0.119. The quantitative estimate of drug-likeness (QED) is 0.718. The van der Waals surface area contributed by atoms with Gasteiger partial charge in [0.05, 0.1) is 11.5 Å². The van der Waals surface area contributed by atoms with Gasteiger partial charge in [0, 0.05) is 12.2 Å². The Bertz CT molecular complexity index is 397. The van der Waals surface area contributed by atoms with Crippen LogP contribution in [0.3, 0.4) is 0 Å².